The Labute approximate surface area is 351 Å². The molecule has 0 aliphatic carbocycles. The summed E-state index contributed by atoms with van der Waals surface area (Å²) in [7, 11) is 0. The van der Waals surface area contributed by atoms with Gasteiger partial charge >= 0.3 is 0 Å². The third-order valence-electron chi connectivity index (χ3n) is 12.5. The van der Waals surface area contributed by atoms with Crippen molar-refractivity contribution in [3.05, 3.63) is 213 Å². The first-order valence-corrected chi connectivity index (χ1v) is 20.7. The first-order chi connectivity index (χ1) is 30.3. The minimum atomic E-state index is 0.964. The molecular formula is C56H35N5. The monoisotopic (exact) mass is 777 g/mol. The van der Waals surface area contributed by atoms with Gasteiger partial charge in [0, 0.05) is 61.8 Å². The number of para-hydroxylation sites is 2. The van der Waals surface area contributed by atoms with Crippen molar-refractivity contribution < 1.29 is 0 Å². The molecule has 5 nitrogen and oxygen atoms in total. The molecule has 1 aliphatic rings. The number of fused-ring (bicyclic) bond motifs is 8. The Bertz CT molecular complexity index is 3690. The maximum atomic E-state index is 4.72. The second-order valence-electron chi connectivity index (χ2n) is 15.9. The van der Waals surface area contributed by atoms with Crippen molar-refractivity contribution in [2.24, 2.45) is 0 Å². The van der Waals surface area contributed by atoms with Crippen LogP contribution in [0.4, 0.5) is 17.1 Å². The molecule has 5 heteroatoms. The molecule has 284 valence electrons. The van der Waals surface area contributed by atoms with E-state index in [2.05, 4.69) is 201 Å². The fourth-order valence-electron chi connectivity index (χ4n) is 9.88. The molecule has 5 heterocycles. The van der Waals surface area contributed by atoms with Crippen LogP contribution in [0.15, 0.2) is 213 Å². The van der Waals surface area contributed by atoms with Crippen molar-refractivity contribution >= 4 is 71.4 Å². The maximum Gasteiger partial charge on any atom is 0.0702 e. The number of pyridine rings is 2. The Morgan fingerprint density at radius 2 is 1.05 bits per heavy atom. The van der Waals surface area contributed by atoms with Gasteiger partial charge in [-0.25, -0.2) is 0 Å². The van der Waals surface area contributed by atoms with E-state index in [0.717, 1.165) is 56.1 Å². The minimum absolute atomic E-state index is 0.964. The lowest BCUT2D eigenvalue weighted by Crippen LogP contribution is -2.15. The van der Waals surface area contributed by atoms with Crippen LogP contribution >= 0.6 is 0 Å². The number of nitrogens with zero attached hydrogens (tertiary/aromatic N) is 5. The molecule has 0 atom stereocenters. The van der Waals surface area contributed by atoms with Gasteiger partial charge in [0.1, 0.15) is 0 Å². The van der Waals surface area contributed by atoms with Gasteiger partial charge in [0.2, 0.25) is 0 Å². The molecule has 0 fully saturated rings. The van der Waals surface area contributed by atoms with Crippen LogP contribution in [0.3, 0.4) is 0 Å². The van der Waals surface area contributed by atoms with Crippen LogP contribution in [0.1, 0.15) is 0 Å². The largest absolute Gasteiger partial charge is 0.309 e. The summed E-state index contributed by atoms with van der Waals surface area (Å²) in [6.45, 7) is 0. The predicted octanol–water partition coefficient (Wildman–Crippen LogP) is 14.6. The van der Waals surface area contributed by atoms with E-state index in [1.54, 1.807) is 0 Å². The third-order valence-corrected chi connectivity index (χ3v) is 12.5. The summed E-state index contributed by atoms with van der Waals surface area (Å²) in [6, 6.07) is 70.6. The molecule has 1 aliphatic heterocycles. The Balaban J connectivity index is 1.04. The lowest BCUT2D eigenvalue weighted by Gasteiger charge is -2.34. The van der Waals surface area contributed by atoms with Gasteiger partial charge in [0.15, 0.2) is 0 Å². The smallest absolute Gasteiger partial charge is 0.0702 e. The van der Waals surface area contributed by atoms with Crippen molar-refractivity contribution in [2.45, 2.75) is 0 Å². The topological polar surface area (TPSA) is 38.9 Å². The first-order valence-electron chi connectivity index (χ1n) is 20.7. The fourth-order valence-corrected chi connectivity index (χ4v) is 9.88. The summed E-state index contributed by atoms with van der Waals surface area (Å²) in [5, 5.41) is 7.32. The van der Waals surface area contributed by atoms with E-state index < -0.39 is 0 Å². The zero-order chi connectivity index (χ0) is 40.0. The summed E-state index contributed by atoms with van der Waals surface area (Å²) in [6.07, 6.45) is 5.63. The van der Waals surface area contributed by atoms with Crippen LogP contribution < -0.4 is 4.90 Å². The quantitative estimate of drug-likeness (QED) is 0.175. The van der Waals surface area contributed by atoms with Crippen molar-refractivity contribution in [2.75, 3.05) is 4.90 Å². The van der Waals surface area contributed by atoms with E-state index in [4.69, 9.17) is 4.98 Å². The Kier molecular flexibility index (Phi) is 7.24. The zero-order valence-corrected chi connectivity index (χ0v) is 32.9. The molecule has 0 radical (unpaired) electrons. The molecular weight excluding hydrogens is 743 g/mol. The van der Waals surface area contributed by atoms with Crippen molar-refractivity contribution in [1.82, 2.24) is 19.1 Å². The van der Waals surface area contributed by atoms with Crippen LogP contribution in [0.5, 0.6) is 0 Å². The molecule has 4 aromatic heterocycles. The van der Waals surface area contributed by atoms with Gasteiger partial charge in [-0.1, -0.05) is 97.1 Å². The van der Waals surface area contributed by atoms with E-state index >= 15 is 0 Å². The maximum absolute atomic E-state index is 4.72. The van der Waals surface area contributed by atoms with Crippen LogP contribution in [0.2, 0.25) is 0 Å². The predicted molar refractivity (Wildman–Crippen MR) is 253 cm³/mol. The van der Waals surface area contributed by atoms with E-state index in [1.165, 1.54) is 60.2 Å². The van der Waals surface area contributed by atoms with E-state index in [1.807, 2.05) is 30.7 Å². The molecule has 0 N–H and O–H groups in total. The highest BCUT2D eigenvalue weighted by Crippen LogP contribution is 2.53. The lowest BCUT2D eigenvalue weighted by atomic mass is 9.89. The van der Waals surface area contributed by atoms with Crippen LogP contribution in [0.25, 0.3) is 99.3 Å². The van der Waals surface area contributed by atoms with Gasteiger partial charge in [-0.05, 0) is 119 Å². The Hall–Kier alpha value is -8.28. The highest BCUT2D eigenvalue weighted by molar-refractivity contribution is 6.19. The molecule has 0 spiro atoms. The van der Waals surface area contributed by atoms with Crippen molar-refractivity contribution in [3.63, 3.8) is 0 Å². The number of anilines is 3. The molecule has 0 amide bonds. The lowest BCUT2D eigenvalue weighted by molar-refractivity contribution is 1.14. The van der Waals surface area contributed by atoms with Gasteiger partial charge < -0.3 is 14.0 Å². The molecule has 13 rings (SSSR count). The number of rotatable bonds is 5. The number of hydrogen-bond acceptors (Lipinski definition) is 3. The molecule has 0 bridgehead atoms. The third kappa shape index (κ3) is 5.08. The average Bonchev–Trinajstić information content (AvgIpc) is 3.83. The van der Waals surface area contributed by atoms with Gasteiger partial charge in [0.25, 0.3) is 0 Å². The summed E-state index contributed by atoms with van der Waals surface area (Å²) < 4.78 is 4.73. The minimum Gasteiger partial charge on any atom is -0.309 e. The number of hydrogen-bond donors (Lipinski definition) is 0. The van der Waals surface area contributed by atoms with Crippen LogP contribution in [0, 0.1) is 0 Å². The number of aromatic nitrogens is 4. The van der Waals surface area contributed by atoms with Gasteiger partial charge in [-0.2, -0.15) is 0 Å². The highest BCUT2D eigenvalue weighted by atomic mass is 15.2. The van der Waals surface area contributed by atoms with E-state index in [9.17, 15) is 0 Å². The highest BCUT2D eigenvalue weighted by Gasteiger charge is 2.28. The summed E-state index contributed by atoms with van der Waals surface area (Å²) in [5.41, 5.74) is 17.1. The summed E-state index contributed by atoms with van der Waals surface area (Å²) in [4.78, 5) is 11.6. The van der Waals surface area contributed by atoms with Crippen molar-refractivity contribution in [1.29, 1.82) is 0 Å². The normalized spacial score (nSPS) is 12.2. The molecule has 12 aromatic rings. The fraction of sp³-hybridized carbons (Fsp3) is 0. The Morgan fingerprint density at radius 3 is 1.90 bits per heavy atom. The SMILES string of the molecule is c1ccc(-n2c3ccc(-c4ccccn4)cc3c3cc4c(cc32)N(c2cccc(-c3ccc5c(c3)c3ccccc3n5-c3cccnc3)c2)c2cccc3cccc-4c23)cc1. The second-order valence-corrected chi connectivity index (χ2v) is 15.9. The second kappa shape index (κ2) is 13.1. The summed E-state index contributed by atoms with van der Waals surface area (Å²) in [5.74, 6) is 0. The standard InChI is InChI=1S/C56H35N5/c1-2-15-40(16-3-1)59-52-27-25-39(49-21-6-7-29-58-49)32-46(52)48-33-47-44-20-9-12-36-13-10-23-53(56(36)44)60(54(47)34-55(48)59)41-17-8-14-37(30-41)38-24-26-51-45(31-38)43-19-4-5-22-50(43)61(51)42-18-11-28-57-35-42/h1-35H. The number of benzene rings is 8. The van der Waals surface area contributed by atoms with Gasteiger partial charge in [-0.3, -0.25) is 9.97 Å². The molecule has 0 saturated carbocycles. The average molecular weight is 778 g/mol. The molecule has 0 saturated heterocycles. The molecule has 8 aromatic carbocycles. The van der Waals surface area contributed by atoms with Crippen LogP contribution in [-0.4, -0.2) is 19.1 Å². The summed E-state index contributed by atoms with van der Waals surface area (Å²) >= 11 is 0. The molecule has 0 unspecified atom stereocenters. The zero-order valence-electron chi connectivity index (χ0n) is 32.9. The Morgan fingerprint density at radius 1 is 0.361 bits per heavy atom. The van der Waals surface area contributed by atoms with E-state index in [-0.39, 0.29) is 0 Å². The van der Waals surface area contributed by atoms with Crippen LogP contribution in [-0.2, 0) is 0 Å². The first kappa shape index (κ1) is 33.7. The molecule has 61 heavy (non-hydrogen) atoms. The van der Waals surface area contributed by atoms with Gasteiger partial charge in [0.05, 0.1) is 51.0 Å². The van der Waals surface area contributed by atoms with E-state index in [0.29, 0.717) is 0 Å². The van der Waals surface area contributed by atoms with Crippen molar-refractivity contribution in [3.8, 4) is 44.9 Å². The van der Waals surface area contributed by atoms with Gasteiger partial charge in [-0.15, -0.1) is 0 Å².